The van der Waals surface area contributed by atoms with Gasteiger partial charge in [-0.05, 0) is 53.9 Å². The quantitative estimate of drug-likeness (QED) is 0.396. The summed E-state index contributed by atoms with van der Waals surface area (Å²) < 4.78 is 5.74. The van der Waals surface area contributed by atoms with E-state index >= 15 is 0 Å². The number of rotatable bonds is 10. The lowest BCUT2D eigenvalue weighted by Gasteiger charge is -2.19. The van der Waals surface area contributed by atoms with Crippen LogP contribution in [0.15, 0.2) is 66.9 Å². The molecule has 158 valence electrons. The summed E-state index contributed by atoms with van der Waals surface area (Å²) in [7, 11) is 0. The Hall–Kier alpha value is -2.48. The fourth-order valence-corrected chi connectivity index (χ4v) is 3.24. The van der Waals surface area contributed by atoms with E-state index in [1.807, 2.05) is 30.3 Å². The highest BCUT2D eigenvalue weighted by Crippen LogP contribution is 2.23. The fourth-order valence-electron chi connectivity index (χ4n) is 3.04. The number of benzene rings is 2. The molecule has 0 aliphatic rings. The van der Waals surface area contributed by atoms with Crippen molar-refractivity contribution < 1.29 is 20.1 Å². The summed E-state index contributed by atoms with van der Waals surface area (Å²) in [5.41, 5.74) is 2.35. The van der Waals surface area contributed by atoms with Crippen molar-refractivity contribution in [2.24, 2.45) is 0 Å². The van der Waals surface area contributed by atoms with Gasteiger partial charge in [-0.25, -0.2) is 4.98 Å². The Morgan fingerprint density at radius 3 is 2.53 bits per heavy atom. The number of aromatic nitrogens is 1. The lowest BCUT2D eigenvalue weighted by Crippen LogP contribution is -2.37. The summed E-state index contributed by atoms with van der Waals surface area (Å²) in [5.74, 6) is 0.981. The van der Waals surface area contributed by atoms with Crippen LogP contribution < -0.4 is 10.1 Å². The monoisotopic (exact) mass is 428 g/mol. The van der Waals surface area contributed by atoms with E-state index in [-0.39, 0.29) is 19.3 Å². The average molecular weight is 429 g/mol. The maximum Gasteiger partial charge on any atom is 0.224 e. The number of ether oxygens (including phenoxy) is 1. The van der Waals surface area contributed by atoms with E-state index in [4.69, 9.17) is 16.3 Å². The minimum atomic E-state index is -0.715. The molecule has 0 aliphatic carbocycles. The molecule has 0 bridgehead atoms. The summed E-state index contributed by atoms with van der Waals surface area (Å²) in [4.78, 5) is 4.14. The standard InChI is InChI=1S/C23H25ClN2O4/c24-19-5-1-3-17(12-19)22(29)13-26-20(15-28)11-16-6-8-21(9-7-16)30-23-18(14-27)4-2-10-25-23/h1-10,12,20,22,26-29H,11,13-15H2. The lowest BCUT2D eigenvalue weighted by atomic mass is 10.1. The van der Waals surface area contributed by atoms with Crippen LogP contribution in [0.3, 0.4) is 0 Å². The number of pyridine rings is 1. The molecule has 3 rings (SSSR count). The first-order chi connectivity index (χ1) is 14.6. The molecule has 2 aromatic carbocycles. The van der Waals surface area contributed by atoms with Gasteiger partial charge in [0.2, 0.25) is 5.88 Å². The third-order valence-corrected chi connectivity index (χ3v) is 4.93. The van der Waals surface area contributed by atoms with Crippen molar-refractivity contribution in [3.05, 3.63) is 88.6 Å². The molecule has 0 aliphatic heterocycles. The van der Waals surface area contributed by atoms with E-state index < -0.39 is 6.10 Å². The Bertz CT molecular complexity index is 936. The predicted molar refractivity (Wildman–Crippen MR) is 116 cm³/mol. The molecule has 0 spiro atoms. The molecule has 4 N–H and O–H groups in total. The van der Waals surface area contributed by atoms with Gasteiger partial charge >= 0.3 is 0 Å². The van der Waals surface area contributed by atoms with Gasteiger partial charge in [-0.3, -0.25) is 0 Å². The van der Waals surface area contributed by atoms with Crippen LogP contribution in [0.2, 0.25) is 5.02 Å². The molecule has 0 saturated carbocycles. The minimum Gasteiger partial charge on any atom is -0.439 e. The summed E-state index contributed by atoms with van der Waals surface area (Å²) in [6.45, 7) is 0.0941. The first kappa shape index (κ1) is 22.2. The van der Waals surface area contributed by atoms with Gasteiger partial charge in [-0.1, -0.05) is 35.9 Å². The number of nitrogens with one attached hydrogen (secondary N) is 1. The van der Waals surface area contributed by atoms with Gasteiger partial charge in [0.05, 0.1) is 19.3 Å². The topological polar surface area (TPSA) is 94.8 Å². The van der Waals surface area contributed by atoms with E-state index in [1.165, 1.54) is 0 Å². The molecular weight excluding hydrogens is 404 g/mol. The molecule has 0 radical (unpaired) electrons. The van der Waals surface area contributed by atoms with E-state index in [0.717, 1.165) is 11.1 Å². The lowest BCUT2D eigenvalue weighted by molar-refractivity contribution is 0.158. The van der Waals surface area contributed by atoms with E-state index in [0.29, 0.717) is 35.2 Å². The molecule has 0 amide bonds. The molecule has 2 unspecified atom stereocenters. The molecule has 30 heavy (non-hydrogen) atoms. The number of aliphatic hydroxyl groups is 3. The Labute approximate surface area is 180 Å². The van der Waals surface area contributed by atoms with Crippen LogP contribution in [0, 0.1) is 0 Å². The molecule has 1 heterocycles. The van der Waals surface area contributed by atoms with Crippen molar-refractivity contribution in [1.82, 2.24) is 10.3 Å². The van der Waals surface area contributed by atoms with E-state index in [2.05, 4.69) is 10.3 Å². The molecule has 6 nitrogen and oxygen atoms in total. The predicted octanol–water partition coefficient (Wildman–Crippen LogP) is 3.25. The molecule has 1 aromatic heterocycles. The second-order valence-electron chi connectivity index (χ2n) is 6.93. The molecular formula is C23H25ClN2O4. The highest BCUT2D eigenvalue weighted by Gasteiger charge is 2.13. The van der Waals surface area contributed by atoms with Crippen LogP contribution in [0.1, 0.15) is 22.8 Å². The zero-order valence-corrected chi connectivity index (χ0v) is 17.2. The smallest absolute Gasteiger partial charge is 0.224 e. The van der Waals surface area contributed by atoms with Gasteiger partial charge in [-0.2, -0.15) is 0 Å². The first-order valence-electron chi connectivity index (χ1n) is 9.68. The zero-order valence-electron chi connectivity index (χ0n) is 16.4. The molecule has 7 heteroatoms. The number of nitrogens with zero attached hydrogens (tertiary/aromatic N) is 1. The average Bonchev–Trinajstić information content (AvgIpc) is 2.78. The molecule has 0 fully saturated rings. The number of aliphatic hydroxyl groups excluding tert-OH is 3. The Morgan fingerprint density at radius 2 is 1.83 bits per heavy atom. The second kappa shape index (κ2) is 11.1. The maximum atomic E-state index is 10.3. The first-order valence-corrected chi connectivity index (χ1v) is 10.1. The number of hydrogen-bond acceptors (Lipinski definition) is 6. The van der Waals surface area contributed by atoms with Gasteiger partial charge < -0.3 is 25.4 Å². The van der Waals surface area contributed by atoms with Crippen molar-refractivity contribution in [2.75, 3.05) is 13.2 Å². The van der Waals surface area contributed by atoms with Gasteiger partial charge in [0.15, 0.2) is 0 Å². The fraction of sp³-hybridized carbons (Fsp3) is 0.261. The third kappa shape index (κ3) is 6.26. The van der Waals surface area contributed by atoms with Gasteiger partial charge in [0.1, 0.15) is 5.75 Å². The van der Waals surface area contributed by atoms with Gasteiger partial charge in [0.25, 0.3) is 0 Å². The molecule has 0 saturated heterocycles. The Balaban J connectivity index is 1.55. The largest absolute Gasteiger partial charge is 0.439 e. The van der Waals surface area contributed by atoms with Crippen LogP contribution >= 0.6 is 11.6 Å². The summed E-state index contributed by atoms with van der Waals surface area (Å²) in [6, 6.07) is 17.8. The normalized spacial score (nSPS) is 13.1. The van der Waals surface area contributed by atoms with E-state index in [9.17, 15) is 15.3 Å². The van der Waals surface area contributed by atoms with Crippen LogP contribution in [0.4, 0.5) is 0 Å². The van der Waals surface area contributed by atoms with Crippen molar-refractivity contribution in [3.8, 4) is 11.6 Å². The Kier molecular flexibility index (Phi) is 8.19. The molecule has 3 aromatic rings. The van der Waals surface area contributed by atoms with Crippen LogP contribution in [-0.2, 0) is 13.0 Å². The summed E-state index contributed by atoms with van der Waals surface area (Å²) >= 11 is 5.97. The minimum absolute atomic E-state index is 0.0612. The Morgan fingerprint density at radius 1 is 1.03 bits per heavy atom. The van der Waals surface area contributed by atoms with Crippen LogP contribution in [-0.4, -0.2) is 39.5 Å². The van der Waals surface area contributed by atoms with Crippen LogP contribution in [0.25, 0.3) is 0 Å². The summed E-state index contributed by atoms with van der Waals surface area (Å²) in [5, 5.41) is 33.2. The zero-order chi connectivity index (χ0) is 21.3. The van der Waals surface area contributed by atoms with Crippen molar-refractivity contribution in [1.29, 1.82) is 0 Å². The van der Waals surface area contributed by atoms with Crippen molar-refractivity contribution in [2.45, 2.75) is 25.2 Å². The van der Waals surface area contributed by atoms with Gasteiger partial charge in [-0.15, -0.1) is 0 Å². The second-order valence-corrected chi connectivity index (χ2v) is 7.37. The van der Waals surface area contributed by atoms with Crippen molar-refractivity contribution >= 4 is 11.6 Å². The highest BCUT2D eigenvalue weighted by molar-refractivity contribution is 6.30. The number of halogens is 1. The van der Waals surface area contributed by atoms with E-state index in [1.54, 1.807) is 36.5 Å². The van der Waals surface area contributed by atoms with Gasteiger partial charge in [0, 0.05) is 29.4 Å². The molecule has 2 atom stereocenters. The third-order valence-electron chi connectivity index (χ3n) is 4.69. The summed E-state index contributed by atoms with van der Waals surface area (Å²) in [6.07, 6.45) is 1.48. The number of hydrogen-bond donors (Lipinski definition) is 4. The highest BCUT2D eigenvalue weighted by atomic mass is 35.5. The maximum absolute atomic E-state index is 10.3. The van der Waals surface area contributed by atoms with Crippen LogP contribution in [0.5, 0.6) is 11.6 Å². The van der Waals surface area contributed by atoms with Crippen molar-refractivity contribution in [3.63, 3.8) is 0 Å². The SMILES string of the molecule is OCc1cccnc1Oc1ccc(CC(CO)NCC(O)c2cccc(Cl)c2)cc1.